The van der Waals surface area contributed by atoms with Crippen molar-refractivity contribution >= 4 is 55.7 Å². The minimum atomic E-state index is -3.73. The Kier molecular flexibility index (Phi) is 8.94. The molecule has 1 amide bonds. The van der Waals surface area contributed by atoms with Gasteiger partial charge in [0.15, 0.2) is 0 Å². The van der Waals surface area contributed by atoms with Gasteiger partial charge < -0.3 is 29.7 Å². The molecule has 0 spiro atoms. The number of carbonyl (C=O) groups is 1. The first-order valence-corrected chi connectivity index (χ1v) is 17.9. The molecule has 12 heteroatoms. The molecule has 3 N–H and O–H groups in total. The fourth-order valence-corrected chi connectivity index (χ4v) is 7.81. The molecule has 2 aliphatic rings. The van der Waals surface area contributed by atoms with Crippen molar-refractivity contribution in [3.63, 3.8) is 0 Å². The smallest absolute Gasteiger partial charge is 0.271 e. The van der Waals surface area contributed by atoms with Crippen LogP contribution in [0.25, 0.3) is 11.1 Å². The summed E-state index contributed by atoms with van der Waals surface area (Å²) in [5.74, 6) is 0.975. The third-order valence-corrected chi connectivity index (χ3v) is 11.0. The molecule has 48 heavy (non-hydrogen) atoms. The highest BCUT2D eigenvalue weighted by Crippen LogP contribution is 2.38. The van der Waals surface area contributed by atoms with Crippen LogP contribution in [0.5, 0.6) is 11.5 Å². The van der Waals surface area contributed by atoms with Gasteiger partial charge in [0.25, 0.3) is 15.9 Å². The molecule has 0 aliphatic carbocycles. The third kappa shape index (κ3) is 6.82. The Morgan fingerprint density at radius 1 is 0.875 bits per heavy atom. The van der Waals surface area contributed by atoms with Crippen LogP contribution in [0.1, 0.15) is 15.9 Å². The second kappa shape index (κ2) is 13.6. The number of hydrogen-bond acceptors (Lipinski definition) is 9. The number of amides is 1. The molecular formula is C36H34N4O6S2. The quantitative estimate of drug-likeness (QED) is 0.144. The lowest BCUT2D eigenvalue weighted by Gasteiger charge is -2.28. The van der Waals surface area contributed by atoms with Crippen LogP contribution < -0.4 is 29.7 Å². The topological polar surface area (TPSA) is 118 Å². The number of ether oxygens (including phenoxy) is 3. The van der Waals surface area contributed by atoms with Gasteiger partial charge >= 0.3 is 0 Å². The molecule has 1 aromatic heterocycles. The first kappa shape index (κ1) is 31.6. The van der Waals surface area contributed by atoms with Gasteiger partial charge in [0.2, 0.25) is 0 Å². The van der Waals surface area contributed by atoms with Gasteiger partial charge in [-0.05, 0) is 88.8 Å². The minimum Gasteiger partial charge on any atom is -0.495 e. The number of carbonyl (C=O) groups excluding carboxylic acids is 1. The van der Waals surface area contributed by atoms with Gasteiger partial charge in [-0.25, -0.2) is 8.42 Å². The lowest BCUT2D eigenvalue weighted by Crippen LogP contribution is -2.36. The number of hydrogen-bond donors (Lipinski definition) is 3. The van der Waals surface area contributed by atoms with E-state index in [-0.39, 0.29) is 10.1 Å². The number of nitrogens with zero attached hydrogens (tertiary/aromatic N) is 1. The predicted molar refractivity (Wildman–Crippen MR) is 190 cm³/mol. The Bertz CT molecular complexity index is 2040. The number of nitrogens with one attached hydrogen (secondary N) is 3. The predicted octanol–water partition coefficient (Wildman–Crippen LogP) is 6.99. The van der Waals surface area contributed by atoms with Crippen LogP contribution in [0.3, 0.4) is 0 Å². The zero-order valence-electron chi connectivity index (χ0n) is 26.2. The summed E-state index contributed by atoms with van der Waals surface area (Å²) in [6, 6.07) is 28.1. The molecule has 1 saturated heterocycles. The van der Waals surface area contributed by atoms with E-state index in [2.05, 4.69) is 32.4 Å². The fraction of sp³-hybridized carbons (Fsp3) is 0.194. The van der Waals surface area contributed by atoms with Crippen molar-refractivity contribution in [2.45, 2.75) is 10.6 Å². The lowest BCUT2D eigenvalue weighted by molar-refractivity contribution is 0.102. The summed E-state index contributed by atoms with van der Waals surface area (Å²) in [5, 5.41) is 8.18. The molecule has 7 rings (SSSR count). The van der Waals surface area contributed by atoms with Gasteiger partial charge in [0.05, 0.1) is 55.2 Å². The van der Waals surface area contributed by atoms with E-state index in [1.54, 1.807) is 35.7 Å². The largest absolute Gasteiger partial charge is 0.495 e. The molecule has 10 nitrogen and oxygen atoms in total. The standard InChI is InChI=1S/C36H34N4O6S2/c1-44-34-23-26(6-13-31(34)39-48(42,43)35-3-2-20-47-35)25-5-11-29-32(22-25)37-30-12-4-24(21-33(30)38-36(29)41)14-17-46-28-9-7-27(8-10-28)40-15-18-45-19-16-40/h2-13,20-23,37,39H,14-19H2,1H3,(H,38,41). The van der Waals surface area contributed by atoms with Crippen LogP contribution in [-0.4, -0.2) is 54.3 Å². The van der Waals surface area contributed by atoms with E-state index in [0.29, 0.717) is 41.4 Å². The minimum absolute atomic E-state index is 0.215. The Morgan fingerprint density at radius 3 is 2.44 bits per heavy atom. The Balaban J connectivity index is 1.03. The lowest BCUT2D eigenvalue weighted by atomic mass is 10.0. The fourth-order valence-electron chi connectivity index (χ4n) is 5.75. The molecule has 0 bridgehead atoms. The van der Waals surface area contributed by atoms with Gasteiger partial charge in [-0.3, -0.25) is 9.52 Å². The van der Waals surface area contributed by atoms with E-state index in [0.717, 1.165) is 65.8 Å². The highest BCUT2D eigenvalue weighted by molar-refractivity contribution is 7.94. The SMILES string of the molecule is COc1cc(-c2ccc3c(c2)Nc2ccc(CCOc4ccc(N5CCOCC5)cc4)cc2NC3=O)ccc1NS(=O)(=O)c1cccs1. The summed E-state index contributed by atoms with van der Waals surface area (Å²) in [6.45, 7) is 3.78. The van der Waals surface area contributed by atoms with Gasteiger partial charge in [-0.2, -0.15) is 0 Å². The van der Waals surface area contributed by atoms with Crippen molar-refractivity contribution in [1.29, 1.82) is 0 Å². The molecule has 0 unspecified atom stereocenters. The molecule has 0 atom stereocenters. The molecule has 2 aliphatic heterocycles. The molecule has 1 fully saturated rings. The zero-order valence-corrected chi connectivity index (χ0v) is 27.8. The molecule has 3 heterocycles. The second-order valence-corrected chi connectivity index (χ2v) is 14.2. The molecular weight excluding hydrogens is 649 g/mol. The van der Waals surface area contributed by atoms with E-state index < -0.39 is 10.0 Å². The third-order valence-electron chi connectivity index (χ3n) is 8.28. The highest BCUT2D eigenvalue weighted by Gasteiger charge is 2.22. The Hall–Kier alpha value is -5.04. The van der Waals surface area contributed by atoms with Crippen LogP contribution >= 0.6 is 11.3 Å². The summed E-state index contributed by atoms with van der Waals surface area (Å²) in [7, 11) is -2.24. The van der Waals surface area contributed by atoms with Crippen molar-refractivity contribution in [3.05, 3.63) is 108 Å². The maximum absolute atomic E-state index is 13.3. The Labute approximate surface area is 283 Å². The number of rotatable bonds is 10. The number of fused-ring (bicyclic) bond motifs is 2. The van der Waals surface area contributed by atoms with Gasteiger partial charge in [0, 0.05) is 25.2 Å². The monoisotopic (exact) mass is 682 g/mol. The summed E-state index contributed by atoms with van der Waals surface area (Å²) in [4.78, 5) is 15.6. The second-order valence-electron chi connectivity index (χ2n) is 11.4. The summed E-state index contributed by atoms with van der Waals surface area (Å²) in [5.41, 5.74) is 6.79. The normalized spacial score (nSPS) is 14.2. The van der Waals surface area contributed by atoms with Crippen molar-refractivity contribution in [2.75, 3.05) is 60.3 Å². The molecule has 5 aromatic rings. The molecule has 0 radical (unpaired) electrons. The van der Waals surface area contributed by atoms with Crippen LogP contribution in [0, 0.1) is 0 Å². The summed E-state index contributed by atoms with van der Waals surface area (Å²) in [6.07, 6.45) is 0.673. The number of methoxy groups -OCH3 is 1. The van der Waals surface area contributed by atoms with Gasteiger partial charge in [0.1, 0.15) is 15.7 Å². The summed E-state index contributed by atoms with van der Waals surface area (Å²) >= 11 is 1.14. The number of benzene rings is 4. The number of thiophene rings is 1. The average molecular weight is 683 g/mol. The van der Waals surface area contributed by atoms with E-state index in [1.807, 2.05) is 48.5 Å². The van der Waals surface area contributed by atoms with Crippen LogP contribution in [-0.2, 0) is 21.2 Å². The van der Waals surface area contributed by atoms with Crippen molar-refractivity contribution in [2.24, 2.45) is 0 Å². The van der Waals surface area contributed by atoms with Crippen molar-refractivity contribution < 1.29 is 27.4 Å². The maximum atomic E-state index is 13.3. The zero-order chi connectivity index (χ0) is 33.1. The van der Waals surface area contributed by atoms with E-state index in [9.17, 15) is 13.2 Å². The van der Waals surface area contributed by atoms with Crippen LogP contribution in [0.2, 0.25) is 0 Å². The summed E-state index contributed by atoms with van der Waals surface area (Å²) < 4.78 is 45.4. The Morgan fingerprint density at radius 2 is 1.67 bits per heavy atom. The van der Waals surface area contributed by atoms with Crippen molar-refractivity contribution in [3.8, 4) is 22.6 Å². The first-order chi connectivity index (χ1) is 23.4. The average Bonchev–Trinajstić information content (AvgIpc) is 3.63. The number of anilines is 5. The highest BCUT2D eigenvalue weighted by atomic mass is 32.2. The molecule has 0 saturated carbocycles. The van der Waals surface area contributed by atoms with Crippen LogP contribution in [0.15, 0.2) is 101 Å². The maximum Gasteiger partial charge on any atom is 0.271 e. The first-order valence-electron chi connectivity index (χ1n) is 15.5. The molecule has 246 valence electrons. The number of sulfonamides is 1. The number of morpholine rings is 1. The van der Waals surface area contributed by atoms with Gasteiger partial charge in [-0.1, -0.05) is 24.3 Å². The van der Waals surface area contributed by atoms with E-state index in [1.165, 1.54) is 12.8 Å². The van der Waals surface area contributed by atoms with Gasteiger partial charge in [-0.15, -0.1) is 11.3 Å². The molecule has 4 aromatic carbocycles. The van der Waals surface area contributed by atoms with Crippen LogP contribution in [0.4, 0.5) is 28.4 Å². The van der Waals surface area contributed by atoms with E-state index >= 15 is 0 Å². The van der Waals surface area contributed by atoms with Crippen molar-refractivity contribution in [1.82, 2.24) is 0 Å². The van der Waals surface area contributed by atoms with E-state index in [4.69, 9.17) is 14.2 Å².